The zero-order valence-corrected chi connectivity index (χ0v) is 11.2. The number of carbonyl (C=O) groups excluding carboxylic acids is 1. The molecule has 0 unspecified atom stereocenters. The number of aromatic nitrogens is 2. The molecule has 0 fully saturated rings. The van der Waals surface area contributed by atoms with Crippen molar-refractivity contribution in [3.05, 3.63) is 35.3 Å². The van der Waals surface area contributed by atoms with E-state index in [0.717, 1.165) is 6.07 Å². The third kappa shape index (κ3) is 2.29. The SMILES string of the molecule is CCn1nc(C)c(N)c1Oc1cccc(F)c1C(N)=O. The minimum atomic E-state index is -0.907. The van der Waals surface area contributed by atoms with Crippen LogP contribution in [0.4, 0.5) is 10.1 Å². The van der Waals surface area contributed by atoms with Gasteiger partial charge in [0.1, 0.15) is 22.8 Å². The second-order valence-electron chi connectivity index (χ2n) is 4.20. The Labute approximate surface area is 115 Å². The van der Waals surface area contributed by atoms with Crippen LogP contribution in [0.1, 0.15) is 23.0 Å². The Morgan fingerprint density at radius 3 is 2.80 bits per heavy atom. The van der Waals surface area contributed by atoms with Crippen molar-refractivity contribution in [2.75, 3.05) is 5.73 Å². The normalized spacial score (nSPS) is 10.6. The Morgan fingerprint density at radius 1 is 1.50 bits per heavy atom. The van der Waals surface area contributed by atoms with E-state index in [9.17, 15) is 9.18 Å². The van der Waals surface area contributed by atoms with Crippen LogP contribution in [-0.2, 0) is 6.54 Å². The lowest BCUT2D eigenvalue weighted by atomic mass is 10.2. The van der Waals surface area contributed by atoms with Crippen LogP contribution in [0, 0.1) is 12.7 Å². The van der Waals surface area contributed by atoms with Crippen molar-refractivity contribution in [3.8, 4) is 11.6 Å². The number of primary amides is 1. The molecule has 0 bridgehead atoms. The number of amides is 1. The average Bonchev–Trinajstić information content (AvgIpc) is 2.66. The van der Waals surface area contributed by atoms with E-state index in [4.69, 9.17) is 16.2 Å². The van der Waals surface area contributed by atoms with Gasteiger partial charge in [0.25, 0.3) is 5.91 Å². The monoisotopic (exact) mass is 278 g/mol. The average molecular weight is 278 g/mol. The van der Waals surface area contributed by atoms with Crippen LogP contribution in [0.15, 0.2) is 18.2 Å². The van der Waals surface area contributed by atoms with E-state index in [0.29, 0.717) is 17.9 Å². The number of hydrogen-bond donors (Lipinski definition) is 2. The molecule has 6 nitrogen and oxygen atoms in total. The van der Waals surface area contributed by atoms with Crippen molar-refractivity contribution in [2.24, 2.45) is 5.73 Å². The first-order chi connectivity index (χ1) is 9.45. The van der Waals surface area contributed by atoms with E-state index < -0.39 is 11.7 Å². The van der Waals surface area contributed by atoms with Crippen molar-refractivity contribution in [1.29, 1.82) is 0 Å². The van der Waals surface area contributed by atoms with Crippen molar-refractivity contribution >= 4 is 11.6 Å². The van der Waals surface area contributed by atoms with E-state index in [-0.39, 0.29) is 17.2 Å². The van der Waals surface area contributed by atoms with Gasteiger partial charge in [-0.15, -0.1) is 0 Å². The summed E-state index contributed by atoms with van der Waals surface area (Å²) in [5.74, 6) is -1.37. The second kappa shape index (κ2) is 5.20. The van der Waals surface area contributed by atoms with Crippen LogP contribution in [-0.4, -0.2) is 15.7 Å². The highest BCUT2D eigenvalue weighted by Crippen LogP contribution is 2.32. The van der Waals surface area contributed by atoms with Crippen LogP contribution < -0.4 is 16.2 Å². The number of benzene rings is 1. The van der Waals surface area contributed by atoms with Crippen LogP contribution >= 0.6 is 0 Å². The lowest BCUT2D eigenvalue weighted by Gasteiger charge is -2.11. The van der Waals surface area contributed by atoms with E-state index in [1.807, 2.05) is 6.92 Å². The van der Waals surface area contributed by atoms with E-state index in [1.54, 1.807) is 6.92 Å². The fourth-order valence-electron chi connectivity index (χ4n) is 1.83. The molecule has 0 aliphatic carbocycles. The lowest BCUT2D eigenvalue weighted by Crippen LogP contribution is -2.15. The number of rotatable bonds is 4. The van der Waals surface area contributed by atoms with Crippen LogP contribution in [0.3, 0.4) is 0 Å². The van der Waals surface area contributed by atoms with Gasteiger partial charge in [0.15, 0.2) is 0 Å². The van der Waals surface area contributed by atoms with Crippen molar-refractivity contribution in [3.63, 3.8) is 0 Å². The second-order valence-corrected chi connectivity index (χ2v) is 4.20. The van der Waals surface area contributed by atoms with Gasteiger partial charge in [-0.3, -0.25) is 4.79 Å². The quantitative estimate of drug-likeness (QED) is 0.891. The Morgan fingerprint density at radius 2 is 2.20 bits per heavy atom. The third-order valence-electron chi connectivity index (χ3n) is 2.85. The van der Waals surface area contributed by atoms with Gasteiger partial charge in [0.2, 0.25) is 5.88 Å². The first-order valence-electron chi connectivity index (χ1n) is 6.04. The number of nitrogens with zero attached hydrogens (tertiary/aromatic N) is 2. The van der Waals surface area contributed by atoms with Gasteiger partial charge in [-0.1, -0.05) is 6.07 Å². The molecule has 0 radical (unpaired) electrons. The number of halogens is 1. The van der Waals surface area contributed by atoms with E-state index >= 15 is 0 Å². The molecular formula is C13H15FN4O2. The molecule has 2 aromatic rings. The Balaban J connectivity index is 2.51. The minimum Gasteiger partial charge on any atom is -0.436 e. The maximum Gasteiger partial charge on any atom is 0.255 e. The zero-order chi connectivity index (χ0) is 14.9. The molecule has 0 atom stereocenters. The molecule has 0 aliphatic rings. The van der Waals surface area contributed by atoms with Gasteiger partial charge in [0, 0.05) is 6.54 Å². The fourth-order valence-corrected chi connectivity index (χ4v) is 1.83. The van der Waals surface area contributed by atoms with Gasteiger partial charge in [-0.05, 0) is 26.0 Å². The highest BCUT2D eigenvalue weighted by molar-refractivity contribution is 5.96. The molecular weight excluding hydrogens is 263 g/mol. The number of nitrogens with two attached hydrogens (primary N) is 2. The number of carbonyl (C=O) groups is 1. The molecule has 1 aromatic heterocycles. The summed E-state index contributed by atoms with van der Waals surface area (Å²) < 4.78 is 20.7. The van der Waals surface area contributed by atoms with Crippen LogP contribution in [0.25, 0.3) is 0 Å². The van der Waals surface area contributed by atoms with Gasteiger partial charge in [-0.25, -0.2) is 9.07 Å². The summed E-state index contributed by atoms with van der Waals surface area (Å²) in [5.41, 5.74) is 11.7. The topological polar surface area (TPSA) is 96.2 Å². The summed E-state index contributed by atoms with van der Waals surface area (Å²) in [6.45, 7) is 4.11. The van der Waals surface area contributed by atoms with Crippen LogP contribution in [0.2, 0.25) is 0 Å². The first kappa shape index (κ1) is 13.9. The number of hydrogen-bond acceptors (Lipinski definition) is 4. The number of nitrogen functional groups attached to an aromatic ring is 1. The van der Waals surface area contributed by atoms with E-state index in [1.165, 1.54) is 16.8 Å². The standard InChI is InChI=1S/C13H15FN4O2/c1-3-18-13(11(15)7(2)17-18)20-9-6-4-5-8(14)10(9)12(16)19/h4-6H,3,15H2,1-2H3,(H2,16,19). The molecule has 7 heteroatoms. The largest absolute Gasteiger partial charge is 0.436 e. The summed E-state index contributed by atoms with van der Waals surface area (Å²) in [6.07, 6.45) is 0. The van der Waals surface area contributed by atoms with Gasteiger partial charge < -0.3 is 16.2 Å². The minimum absolute atomic E-state index is 0.0128. The Hall–Kier alpha value is -2.57. The first-order valence-corrected chi connectivity index (χ1v) is 6.04. The van der Waals surface area contributed by atoms with Crippen molar-refractivity contribution in [1.82, 2.24) is 9.78 Å². The maximum atomic E-state index is 13.7. The predicted molar refractivity (Wildman–Crippen MR) is 72.0 cm³/mol. The molecule has 1 heterocycles. The molecule has 0 aliphatic heterocycles. The third-order valence-corrected chi connectivity index (χ3v) is 2.85. The highest BCUT2D eigenvalue weighted by Gasteiger charge is 2.19. The molecule has 0 saturated heterocycles. The van der Waals surface area contributed by atoms with Crippen molar-refractivity contribution < 1.29 is 13.9 Å². The molecule has 20 heavy (non-hydrogen) atoms. The molecule has 1 aromatic carbocycles. The predicted octanol–water partition coefficient (Wildman–Crippen LogP) is 1.82. The molecule has 2 rings (SSSR count). The van der Waals surface area contributed by atoms with Gasteiger partial charge in [0.05, 0.1) is 5.69 Å². The summed E-state index contributed by atoms with van der Waals surface area (Å²) >= 11 is 0. The number of anilines is 1. The summed E-state index contributed by atoms with van der Waals surface area (Å²) in [7, 11) is 0. The van der Waals surface area contributed by atoms with Gasteiger partial charge in [-0.2, -0.15) is 5.10 Å². The summed E-state index contributed by atoms with van der Waals surface area (Å²) in [6, 6.07) is 4.01. The molecule has 0 saturated carbocycles. The summed E-state index contributed by atoms with van der Waals surface area (Å²) in [4.78, 5) is 11.3. The molecule has 0 spiro atoms. The molecule has 106 valence electrons. The Kier molecular flexibility index (Phi) is 3.60. The van der Waals surface area contributed by atoms with E-state index in [2.05, 4.69) is 5.10 Å². The molecule has 4 N–H and O–H groups in total. The van der Waals surface area contributed by atoms with Gasteiger partial charge >= 0.3 is 0 Å². The fraction of sp³-hybridized carbons (Fsp3) is 0.231. The maximum absolute atomic E-state index is 13.7. The number of ether oxygens (including phenoxy) is 1. The smallest absolute Gasteiger partial charge is 0.255 e. The molecule has 1 amide bonds. The Bertz CT molecular complexity index is 667. The summed E-state index contributed by atoms with van der Waals surface area (Å²) in [5, 5.41) is 4.18. The van der Waals surface area contributed by atoms with Crippen molar-refractivity contribution in [2.45, 2.75) is 20.4 Å². The highest BCUT2D eigenvalue weighted by atomic mass is 19.1. The number of aryl methyl sites for hydroxylation is 2. The zero-order valence-electron chi connectivity index (χ0n) is 11.2. The van der Waals surface area contributed by atoms with Crippen LogP contribution in [0.5, 0.6) is 11.6 Å². The lowest BCUT2D eigenvalue weighted by molar-refractivity contribution is 0.0994.